The minimum atomic E-state index is -0.370. The van der Waals surface area contributed by atoms with Crippen molar-refractivity contribution in [1.29, 1.82) is 0 Å². The first-order valence-electron chi connectivity index (χ1n) is 9.75. The largest absolute Gasteiger partial charge is 0.464 e. The SMILES string of the molecule is COC(=O)c1cc2n(n1)CCN(C1CCN(c3ccc4c(c3)OCO4)CC1)C2. The number of ether oxygens (including phenoxy) is 3. The summed E-state index contributed by atoms with van der Waals surface area (Å²) in [6.07, 6.45) is 2.23. The number of fused-ring (bicyclic) bond motifs is 2. The van der Waals surface area contributed by atoms with Crippen molar-refractivity contribution >= 4 is 11.7 Å². The molecule has 0 bridgehead atoms. The van der Waals surface area contributed by atoms with E-state index in [9.17, 15) is 4.79 Å². The van der Waals surface area contributed by atoms with Crippen molar-refractivity contribution in [3.8, 4) is 11.5 Å². The number of piperidine rings is 1. The van der Waals surface area contributed by atoms with Gasteiger partial charge in [-0.05, 0) is 31.0 Å². The summed E-state index contributed by atoms with van der Waals surface area (Å²) in [5.41, 5.74) is 2.68. The summed E-state index contributed by atoms with van der Waals surface area (Å²) < 4.78 is 17.6. The summed E-state index contributed by atoms with van der Waals surface area (Å²) in [5, 5.41) is 4.37. The molecule has 0 atom stereocenters. The van der Waals surface area contributed by atoms with Gasteiger partial charge < -0.3 is 19.1 Å². The molecule has 3 aliphatic heterocycles. The molecule has 0 saturated carbocycles. The third kappa shape index (κ3) is 3.07. The molecule has 1 fully saturated rings. The maximum absolute atomic E-state index is 11.7. The van der Waals surface area contributed by atoms with Gasteiger partial charge in [0, 0.05) is 44.0 Å². The van der Waals surface area contributed by atoms with Crippen LogP contribution >= 0.6 is 0 Å². The van der Waals surface area contributed by atoms with Gasteiger partial charge in [-0.1, -0.05) is 0 Å². The van der Waals surface area contributed by atoms with Crippen LogP contribution in [0.1, 0.15) is 29.0 Å². The Balaban J connectivity index is 1.21. The lowest BCUT2D eigenvalue weighted by Gasteiger charge is -2.41. The van der Waals surface area contributed by atoms with E-state index >= 15 is 0 Å². The second kappa shape index (κ2) is 7.01. The molecule has 28 heavy (non-hydrogen) atoms. The lowest BCUT2D eigenvalue weighted by molar-refractivity contribution is 0.0592. The molecule has 1 saturated heterocycles. The summed E-state index contributed by atoms with van der Waals surface area (Å²) in [4.78, 5) is 16.7. The number of aromatic nitrogens is 2. The Morgan fingerprint density at radius 3 is 2.75 bits per heavy atom. The van der Waals surface area contributed by atoms with Gasteiger partial charge in [-0.15, -0.1) is 0 Å². The standard InChI is InChI=1S/C20H24N4O4/c1-26-20(25)17-10-16-12-23(8-9-24(16)21-17)14-4-6-22(7-5-14)15-2-3-18-19(11-15)28-13-27-18/h2-3,10-11,14H,4-9,12-13H2,1H3. The zero-order valence-electron chi connectivity index (χ0n) is 16.0. The molecule has 8 heteroatoms. The maximum Gasteiger partial charge on any atom is 0.358 e. The number of anilines is 1. The van der Waals surface area contributed by atoms with Gasteiger partial charge in [0.25, 0.3) is 0 Å². The molecule has 8 nitrogen and oxygen atoms in total. The molecule has 0 unspecified atom stereocenters. The Labute approximate surface area is 163 Å². The summed E-state index contributed by atoms with van der Waals surface area (Å²) in [6, 6.07) is 8.60. The second-order valence-electron chi connectivity index (χ2n) is 7.46. The van der Waals surface area contributed by atoms with Crippen LogP contribution in [0.3, 0.4) is 0 Å². The highest BCUT2D eigenvalue weighted by molar-refractivity contribution is 5.87. The molecule has 0 N–H and O–H groups in total. The molecule has 1 aromatic carbocycles. The van der Waals surface area contributed by atoms with Crippen molar-refractivity contribution in [2.24, 2.45) is 0 Å². The average molecular weight is 384 g/mol. The first-order valence-corrected chi connectivity index (χ1v) is 9.75. The van der Waals surface area contributed by atoms with Gasteiger partial charge in [-0.2, -0.15) is 5.10 Å². The minimum absolute atomic E-state index is 0.310. The van der Waals surface area contributed by atoms with Gasteiger partial charge in [0.15, 0.2) is 17.2 Å². The summed E-state index contributed by atoms with van der Waals surface area (Å²) >= 11 is 0. The molecule has 0 aliphatic carbocycles. The van der Waals surface area contributed by atoms with Gasteiger partial charge in [-0.25, -0.2) is 4.79 Å². The molecule has 0 spiro atoms. The molecule has 3 aliphatic rings. The third-order valence-electron chi connectivity index (χ3n) is 5.92. The predicted octanol–water partition coefficient (Wildman–Crippen LogP) is 1.88. The topological polar surface area (TPSA) is 69.1 Å². The highest BCUT2D eigenvalue weighted by atomic mass is 16.7. The number of benzene rings is 1. The fourth-order valence-corrected chi connectivity index (χ4v) is 4.37. The van der Waals surface area contributed by atoms with Gasteiger partial charge >= 0.3 is 5.97 Å². The van der Waals surface area contributed by atoms with E-state index in [2.05, 4.69) is 27.0 Å². The van der Waals surface area contributed by atoms with Crippen molar-refractivity contribution < 1.29 is 19.0 Å². The summed E-state index contributed by atoms with van der Waals surface area (Å²) in [5.74, 6) is 1.30. The highest BCUT2D eigenvalue weighted by Crippen LogP contribution is 2.36. The molecule has 148 valence electrons. The van der Waals surface area contributed by atoms with E-state index in [-0.39, 0.29) is 5.97 Å². The average Bonchev–Trinajstić information content (AvgIpc) is 3.38. The van der Waals surface area contributed by atoms with Crippen molar-refractivity contribution in [3.63, 3.8) is 0 Å². The molecule has 2 aromatic rings. The lowest BCUT2D eigenvalue weighted by atomic mass is 10.0. The monoisotopic (exact) mass is 384 g/mol. The van der Waals surface area contributed by atoms with Crippen LogP contribution in [0.2, 0.25) is 0 Å². The number of carbonyl (C=O) groups is 1. The van der Waals surface area contributed by atoms with E-state index in [1.165, 1.54) is 12.8 Å². The van der Waals surface area contributed by atoms with Crippen molar-refractivity contribution in [2.45, 2.75) is 32.0 Å². The Morgan fingerprint density at radius 2 is 1.93 bits per heavy atom. The molecular weight excluding hydrogens is 360 g/mol. The van der Waals surface area contributed by atoms with Crippen LogP contribution in [-0.4, -0.2) is 60.2 Å². The van der Waals surface area contributed by atoms with Crippen molar-refractivity contribution in [2.75, 3.05) is 38.4 Å². The number of esters is 1. The van der Waals surface area contributed by atoms with Crippen LogP contribution in [-0.2, 0) is 17.8 Å². The molecule has 1 aromatic heterocycles. The summed E-state index contributed by atoms with van der Waals surface area (Å²) in [7, 11) is 1.39. The predicted molar refractivity (Wildman–Crippen MR) is 102 cm³/mol. The Hall–Kier alpha value is -2.74. The number of hydrogen-bond donors (Lipinski definition) is 0. The zero-order valence-corrected chi connectivity index (χ0v) is 16.0. The third-order valence-corrected chi connectivity index (χ3v) is 5.92. The van der Waals surface area contributed by atoms with E-state index in [1.807, 2.05) is 16.8 Å². The zero-order chi connectivity index (χ0) is 19.1. The van der Waals surface area contributed by atoms with E-state index in [4.69, 9.17) is 14.2 Å². The van der Waals surface area contributed by atoms with Gasteiger partial charge in [0.05, 0.1) is 19.3 Å². The smallest absolute Gasteiger partial charge is 0.358 e. The first-order chi connectivity index (χ1) is 13.7. The van der Waals surface area contributed by atoms with E-state index in [1.54, 1.807) is 0 Å². The van der Waals surface area contributed by atoms with E-state index in [0.717, 1.165) is 62.8 Å². The number of nitrogens with zero attached hydrogens (tertiary/aromatic N) is 4. The number of carbonyl (C=O) groups excluding carboxylic acids is 1. The van der Waals surface area contributed by atoms with Crippen LogP contribution in [0.15, 0.2) is 24.3 Å². The number of hydrogen-bond acceptors (Lipinski definition) is 7. The summed E-state index contributed by atoms with van der Waals surface area (Å²) in [6.45, 7) is 4.96. The Morgan fingerprint density at radius 1 is 1.11 bits per heavy atom. The van der Waals surface area contributed by atoms with Gasteiger partial charge in [0.2, 0.25) is 6.79 Å². The molecular formula is C20H24N4O4. The number of methoxy groups -OCH3 is 1. The lowest BCUT2D eigenvalue weighted by Crippen LogP contribution is -2.47. The fraction of sp³-hybridized carbons (Fsp3) is 0.500. The number of rotatable bonds is 3. The van der Waals surface area contributed by atoms with Crippen molar-refractivity contribution in [1.82, 2.24) is 14.7 Å². The van der Waals surface area contributed by atoms with Crippen LogP contribution < -0.4 is 14.4 Å². The highest BCUT2D eigenvalue weighted by Gasteiger charge is 2.29. The first kappa shape index (κ1) is 17.4. The van der Waals surface area contributed by atoms with E-state index < -0.39 is 0 Å². The van der Waals surface area contributed by atoms with Crippen LogP contribution in [0, 0.1) is 0 Å². The normalized spacial score (nSPS) is 19.5. The molecule has 4 heterocycles. The molecule has 0 amide bonds. The minimum Gasteiger partial charge on any atom is -0.464 e. The Kier molecular flexibility index (Phi) is 4.35. The second-order valence-corrected chi connectivity index (χ2v) is 7.46. The van der Waals surface area contributed by atoms with Crippen molar-refractivity contribution in [3.05, 3.63) is 35.7 Å². The van der Waals surface area contributed by atoms with E-state index in [0.29, 0.717) is 18.5 Å². The maximum atomic E-state index is 11.7. The molecule has 0 radical (unpaired) electrons. The fourth-order valence-electron chi connectivity index (χ4n) is 4.37. The Bertz CT molecular complexity index is 888. The van der Waals surface area contributed by atoms with Crippen LogP contribution in [0.5, 0.6) is 11.5 Å². The van der Waals surface area contributed by atoms with Gasteiger partial charge in [-0.3, -0.25) is 9.58 Å². The molecule has 5 rings (SSSR count). The van der Waals surface area contributed by atoms with Crippen LogP contribution in [0.25, 0.3) is 0 Å². The van der Waals surface area contributed by atoms with Crippen LogP contribution in [0.4, 0.5) is 5.69 Å². The van der Waals surface area contributed by atoms with Gasteiger partial charge in [0.1, 0.15) is 0 Å². The quantitative estimate of drug-likeness (QED) is 0.749.